The average molecular weight is 239 g/mol. The monoisotopic (exact) mass is 238 g/mol. The molecule has 0 heterocycles. The van der Waals surface area contributed by atoms with Crippen molar-refractivity contribution in [2.24, 2.45) is 5.41 Å². The Bertz CT molecular complexity index is 377. The molecule has 2 atom stereocenters. The van der Waals surface area contributed by atoms with Crippen LogP contribution in [-0.2, 0) is 0 Å². The summed E-state index contributed by atoms with van der Waals surface area (Å²) in [5.41, 5.74) is 2.48. The fourth-order valence-electron chi connectivity index (χ4n) is 2.16. The standard InChI is InChI=1S/C14H19ClO/c1-9-6-5-7-10(2)13(9)16-12-8-11(15)14(12,3)4/h5-7,11-12H,8H2,1-4H3. The Hall–Kier alpha value is -0.690. The first-order valence-corrected chi connectivity index (χ1v) is 6.23. The van der Waals surface area contributed by atoms with Gasteiger partial charge in [-0.1, -0.05) is 32.0 Å². The Morgan fingerprint density at radius 3 is 2.25 bits per heavy atom. The lowest BCUT2D eigenvalue weighted by atomic mass is 9.68. The van der Waals surface area contributed by atoms with Crippen molar-refractivity contribution >= 4 is 11.6 Å². The normalized spacial score (nSPS) is 27.3. The van der Waals surface area contributed by atoms with Crippen molar-refractivity contribution in [3.63, 3.8) is 0 Å². The second-order valence-corrected chi connectivity index (χ2v) is 5.88. The van der Waals surface area contributed by atoms with E-state index < -0.39 is 0 Å². The largest absolute Gasteiger partial charge is 0.489 e. The van der Waals surface area contributed by atoms with Crippen LogP contribution in [0.25, 0.3) is 0 Å². The van der Waals surface area contributed by atoms with Crippen molar-refractivity contribution < 1.29 is 4.74 Å². The van der Waals surface area contributed by atoms with Gasteiger partial charge >= 0.3 is 0 Å². The third-order valence-electron chi connectivity index (χ3n) is 3.73. The lowest BCUT2D eigenvalue weighted by Crippen LogP contribution is -2.53. The molecule has 1 aromatic rings. The second-order valence-electron chi connectivity index (χ2n) is 5.35. The maximum atomic E-state index is 6.20. The molecular weight excluding hydrogens is 220 g/mol. The Labute approximate surface area is 103 Å². The average Bonchev–Trinajstić information content (AvgIpc) is 2.22. The number of hydrogen-bond acceptors (Lipinski definition) is 1. The SMILES string of the molecule is Cc1cccc(C)c1OC1CC(Cl)C1(C)C. The van der Waals surface area contributed by atoms with Gasteiger partial charge in [0.1, 0.15) is 11.9 Å². The van der Waals surface area contributed by atoms with Crippen LogP contribution in [0.5, 0.6) is 5.75 Å². The van der Waals surface area contributed by atoms with Crippen LogP contribution in [0.1, 0.15) is 31.4 Å². The Balaban J connectivity index is 2.17. The minimum absolute atomic E-state index is 0.0796. The zero-order valence-electron chi connectivity index (χ0n) is 10.4. The Kier molecular flexibility index (Phi) is 2.91. The number of hydrogen-bond donors (Lipinski definition) is 0. The van der Waals surface area contributed by atoms with Gasteiger partial charge in [-0.15, -0.1) is 11.6 Å². The zero-order chi connectivity index (χ0) is 11.9. The van der Waals surface area contributed by atoms with Gasteiger partial charge in [-0.3, -0.25) is 0 Å². The van der Waals surface area contributed by atoms with Crippen LogP contribution < -0.4 is 4.74 Å². The molecule has 2 heteroatoms. The molecule has 88 valence electrons. The molecule has 0 bridgehead atoms. The van der Waals surface area contributed by atoms with Crippen LogP contribution in [0, 0.1) is 19.3 Å². The summed E-state index contributed by atoms with van der Waals surface area (Å²) >= 11 is 6.20. The highest BCUT2D eigenvalue weighted by Crippen LogP contribution is 2.47. The van der Waals surface area contributed by atoms with Gasteiger partial charge in [0.2, 0.25) is 0 Å². The molecule has 2 rings (SSSR count). The first-order chi connectivity index (χ1) is 7.43. The summed E-state index contributed by atoms with van der Waals surface area (Å²) < 4.78 is 6.11. The van der Waals surface area contributed by atoms with E-state index in [2.05, 4.69) is 45.9 Å². The first-order valence-electron chi connectivity index (χ1n) is 5.80. The summed E-state index contributed by atoms with van der Waals surface area (Å²) in [4.78, 5) is 0. The molecule has 1 nitrogen and oxygen atoms in total. The van der Waals surface area contributed by atoms with Crippen molar-refractivity contribution in [1.29, 1.82) is 0 Å². The van der Waals surface area contributed by atoms with E-state index in [1.165, 1.54) is 11.1 Å². The minimum Gasteiger partial charge on any atom is -0.489 e. The van der Waals surface area contributed by atoms with Crippen LogP contribution in [-0.4, -0.2) is 11.5 Å². The number of aryl methyl sites for hydroxylation is 2. The number of alkyl halides is 1. The maximum Gasteiger partial charge on any atom is 0.125 e. The summed E-state index contributed by atoms with van der Waals surface area (Å²) in [5, 5.41) is 0.238. The lowest BCUT2D eigenvalue weighted by molar-refractivity contribution is -0.0138. The summed E-state index contributed by atoms with van der Waals surface area (Å²) in [7, 11) is 0. The van der Waals surface area contributed by atoms with Crippen LogP contribution >= 0.6 is 11.6 Å². The zero-order valence-corrected chi connectivity index (χ0v) is 11.1. The summed E-state index contributed by atoms with van der Waals surface area (Å²) in [5.74, 6) is 1.03. The molecular formula is C14H19ClO. The molecule has 0 aliphatic heterocycles. The van der Waals surface area contributed by atoms with Gasteiger partial charge in [0.15, 0.2) is 0 Å². The van der Waals surface area contributed by atoms with E-state index in [4.69, 9.17) is 16.3 Å². The molecule has 0 spiro atoms. The van der Waals surface area contributed by atoms with Gasteiger partial charge in [0.25, 0.3) is 0 Å². The summed E-state index contributed by atoms with van der Waals surface area (Å²) in [6, 6.07) is 6.24. The number of para-hydroxylation sites is 1. The third kappa shape index (κ3) is 1.82. The van der Waals surface area contributed by atoms with Crippen LogP contribution in [0.2, 0.25) is 0 Å². The quantitative estimate of drug-likeness (QED) is 0.706. The topological polar surface area (TPSA) is 9.23 Å². The molecule has 2 unspecified atom stereocenters. The van der Waals surface area contributed by atoms with Gasteiger partial charge in [-0.05, 0) is 25.0 Å². The Morgan fingerprint density at radius 2 is 1.81 bits per heavy atom. The van der Waals surface area contributed by atoms with E-state index in [9.17, 15) is 0 Å². The van der Waals surface area contributed by atoms with Crippen molar-refractivity contribution in [2.45, 2.75) is 45.6 Å². The number of benzene rings is 1. The molecule has 0 aromatic heterocycles. The summed E-state index contributed by atoms with van der Waals surface area (Å²) in [6.07, 6.45) is 1.19. The van der Waals surface area contributed by atoms with Crippen molar-refractivity contribution in [3.05, 3.63) is 29.3 Å². The highest BCUT2D eigenvalue weighted by molar-refractivity contribution is 6.21. The fourth-order valence-corrected chi connectivity index (χ4v) is 2.47. The molecule has 0 radical (unpaired) electrons. The minimum atomic E-state index is 0.0796. The van der Waals surface area contributed by atoms with E-state index in [1.54, 1.807) is 0 Å². The molecule has 16 heavy (non-hydrogen) atoms. The molecule has 1 aliphatic carbocycles. The van der Waals surface area contributed by atoms with Crippen molar-refractivity contribution in [1.82, 2.24) is 0 Å². The number of rotatable bonds is 2. The molecule has 1 aromatic carbocycles. The van der Waals surface area contributed by atoms with Gasteiger partial charge < -0.3 is 4.74 Å². The third-order valence-corrected chi connectivity index (χ3v) is 4.47. The first kappa shape index (κ1) is 11.8. The molecule has 0 amide bonds. The maximum absolute atomic E-state index is 6.20. The number of ether oxygens (including phenoxy) is 1. The van der Waals surface area contributed by atoms with Gasteiger partial charge in [0.05, 0.1) is 0 Å². The van der Waals surface area contributed by atoms with Crippen LogP contribution in [0.4, 0.5) is 0 Å². The molecule has 0 saturated heterocycles. The molecule has 1 fully saturated rings. The van der Waals surface area contributed by atoms with E-state index in [1.807, 2.05) is 0 Å². The van der Waals surface area contributed by atoms with E-state index in [-0.39, 0.29) is 16.9 Å². The predicted molar refractivity (Wildman–Crippen MR) is 68.4 cm³/mol. The van der Waals surface area contributed by atoms with Crippen LogP contribution in [0.15, 0.2) is 18.2 Å². The van der Waals surface area contributed by atoms with E-state index >= 15 is 0 Å². The lowest BCUT2D eigenvalue weighted by Gasteiger charge is -2.48. The fraction of sp³-hybridized carbons (Fsp3) is 0.571. The van der Waals surface area contributed by atoms with Gasteiger partial charge in [-0.2, -0.15) is 0 Å². The van der Waals surface area contributed by atoms with Crippen molar-refractivity contribution in [2.75, 3.05) is 0 Å². The van der Waals surface area contributed by atoms with Crippen molar-refractivity contribution in [3.8, 4) is 5.75 Å². The highest BCUT2D eigenvalue weighted by Gasteiger charge is 2.49. The van der Waals surface area contributed by atoms with Gasteiger partial charge in [-0.25, -0.2) is 0 Å². The van der Waals surface area contributed by atoms with E-state index in [0.29, 0.717) is 0 Å². The second kappa shape index (κ2) is 3.96. The van der Waals surface area contributed by atoms with Gasteiger partial charge in [0, 0.05) is 17.2 Å². The smallest absolute Gasteiger partial charge is 0.125 e. The highest BCUT2D eigenvalue weighted by atomic mass is 35.5. The molecule has 1 saturated carbocycles. The summed E-state index contributed by atoms with van der Waals surface area (Å²) in [6.45, 7) is 8.53. The van der Waals surface area contributed by atoms with E-state index in [0.717, 1.165) is 12.2 Å². The van der Waals surface area contributed by atoms with Crippen LogP contribution in [0.3, 0.4) is 0 Å². The molecule has 1 aliphatic rings. The Morgan fingerprint density at radius 1 is 1.25 bits per heavy atom. The molecule has 0 N–H and O–H groups in total. The predicted octanol–water partition coefficient (Wildman–Crippen LogP) is 4.09. The number of halogens is 1.